The first-order valence-electron chi connectivity index (χ1n) is 10.5. The smallest absolute Gasteiger partial charge is 0.307 e. The molecule has 2 aromatic carbocycles. The van der Waals surface area contributed by atoms with Gasteiger partial charge in [-0.2, -0.15) is 4.31 Å². The van der Waals surface area contributed by atoms with Crippen molar-refractivity contribution in [1.82, 2.24) is 4.31 Å². The van der Waals surface area contributed by atoms with Crippen LogP contribution in [0.1, 0.15) is 37.4 Å². The number of carbonyl (C=O) groups is 1. The average Bonchev–Trinajstić information content (AvgIpc) is 2.80. The number of esters is 1. The standard InChI is InChI=1S/C23H29NO7S/c1-5-30-21-13-16-11-12-24(32(26,27)18-9-7-17(28-3)8-10-18)20(15-23(25)29-4)19(16)14-22(21)31-6-2/h7-10,13-14,20H,5-6,11-12,15H2,1-4H3/t20-/m0/s1. The highest BCUT2D eigenvalue weighted by Gasteiger charge is 2.38. The Morgan fingerprint density at radius 1 is 1.03 bits per heavy atom. The molecule has 0 saturated carbocycles. The molecule has 0 N–H and O–H groups in total. The fourth-order valence-electron chi connectivity index (χ4n) is 3.85. The molecule has 9 heteroatoms. The molecule has 1 atom stereocenters. The van der Waals surface area contributed by atoms with E-state index in [0.29, 0.717) is 42.4 Å². The van der Waals surface area contributed by atoms with Gasteiger partial charge in [0.25, 0.3) is 0 Å². The van der Waals surface area contributed by atoms with E-state index in [4.69, 9.17) is 18.9 Å². The molecule has 0 bridgehead atoms. The van der Waals surface area contributed by atoms with Crippen LogP contribution in [0.3, 0.4) is 0 Å². The van der Waals surface area contributed by atoms with E-state index in [1.165, 1.54) is 30.7 Å². The highest BCUT2D eigenvalue weighted by molar-refractivity contribution is 7.89. The van der Waals surface area contributed by atoms with E-state index in [-0.39, 0.29) is 17.9 Å². The fourth-order valence-corrected chi connectivity index (χ4v) is 5.45. The van der Waals surface area contributed by atoms with Crippen LogP contribution in [0.25, 0.3) is 0 Å². The second-order valence-corrected chi connectivity index (χ2v) is 9.09. The summed E-state index contributed by atoms with van der Waals surface area (Å²) in [7, 11) is -1.07. The second kappa shape index (κ2) is 10.2. The number of ether oxygens (including phenoxy) is 4. The van der Waals surface area contributed by atoms with Crippen LogP contribution in [0.5, 0.6) is 17.2 Å². The molecule has 0 amide bonds. The molecule has 1 aliphatic heterocycles. The Morgan fingerprint density at radius 3 is 2.22 bits per heavy atom. The number of rotatable bonds is 9. The lowest BCUT2D eigenvalue weighted by atomic mass is 9.91. The minimum absolute atomic E-state index is 0.113. The van der Waals surface area contributed by atoms with Gasteiger partial charge in [-0.3, -0.25) is 4.79 Å². The minimum atomic E-state index is -3.88. The molecule has 0 aliphatic carbocycles. The first kappa shape index (κ1) is 23.9. The van der Waals surface area contributed by atoms with Gasteiger partial charge in [0.05, 0.1) is 44.8 Å². The third kappa shape index (κ3) is 4.83. The zero-order valence-corrected chi connectivity index (χ0v) is 19.6. The lowest BCUT2D eigenvalue weighted by molar-refractivity contribution is -0.141. The van der Waals surface area contributed by atoms with Crippen LogP contribution in [0.2, 0.25) is 0 Å². The van der Waals surface area contributed by atoms with Crippen LogP contribution in [0, 0.1) is 0 Å². The van der Waals surface area contributed by atoms with Crippen molar-refractivity contribution in [2.75, 3.05) is 34.0 Å². The van der Waals surface area contributed by atoms with Crippen molar-refractivity contribution >= 4 is 16.0 Å². The number of methoxy groups -OCH3 is 2. The van der Waals surface area contributed by atoms with Gasteiger partial charge in [0.1, 0.15) is 5.75 Å². The summed E-state index contributed by atoms with van der Waals surface area (Å²) < 4.78 is 49.9. The van der Waals surface area contributed by atoms with E-state index in [1.54, 1.807) is 18.2 Å². The summed E-state index contributed by atoms with van der Waals surface area (Å²) in [6.45, 7) is 4.87. The topological polar surface area (TPSA) is 91.4 Å². The van der Waals surface area contributed by atoms with Crippen molar-refractivity contribution in [2.24, 2.45) is 0 Å². The lowest BCUT2D eigenvalue weighted by Crippen LogP contribution is -2.41. The highest BCUT2D eigenvalue weighted by atomic mass is 32.2. The molecule has 174 valence electrons. The van der Waals surface area contributed by atoms with Crippen molar-refractivity contribution in [2.45, 2.75) is 37.6 Å². The number of sulfonamides is 1. The molecule has 0 aromatic heterocycles. The minimum Gasteiger partial charge on any atom is -0.497 e. The summed E-state index contributed by atoms with van der Waals surface area (Å²) in [5.74, 6) is 1.19. The van der Waals surface area contributed by atoms with Gasteiger partial charge in [-0.1, -0.05) is 0 Å². The maximum absolute atomic E-state index is 13.5. The Bertz CT molecular complexity index is 1050. The van der Waals surface area contributed by atoms with Gasteiger partial charge in [-0.25, -0.2) is 8.42 Å². The summed E-state index contributed by atoms with van der Waals surface area (Å²) >= 11 is 0. The molecular formula is C23H29NO7S. The summed E-state index contributed by atoms with van der Waals surface area (Å²) in [4.78, 5) is 12.4. The second-order valence-electron chi connectivity index (χ2n) is 7.20. The van der Waals surface area contributed by atoms with Gasteiger partial charge in [-0.05, 0) is 67.8 Å². The van der Waals surface area contributed by atoms with Gasteiger partial charge in [0.15, 0.2) is 11.5 Å². The van der Waals surface area contributed by atoms with Crippen molar-refractivity contribution in [1.29, 1.82) is 0 Å². The molecule has 0 fully saturated rings. The largest absolute Gasteiger partial charge is 0.497 e. The first-order chi connectivity index (χ1) is 15.3. The van der Waals surface area contributed by atoms with E-state index in [1.807, 2.05) is 19.9 Å². The van der Waals surface area contributed by atoms with Gasteiger partial charge in [0.2, 0.25) is 10.0 Å². The predicted octanol–water partition coefficient (Wildman–Crippen LogP) is 3.34. The predicted molar refractivity (Wildman–Crippen MR) is 119 cm³/mol. The van der Waals surface area contributed by atoms with Crippen LogP contribution in [-0.4, -0.2) is 52.7 Å². The lowest BCUT2D eigenvalue weighted by Gasteiger charge is -2.36. The Labute approximate surface area is 189 Å². The molecule has 0 saturated heterocycles. The van der Waals surface area contributed by atoms with Crippen molar-refractivity contribution < 1.29 is 32.2 Å². The summed E-state index contributed by atoms with van der Waals surface area (Å²) in [5, 5.41) is 0. The van der Waals surface area contributed by atoms with E-state index < -0.39 is 22.0 Å². The maximum atomic E-state index is 13.5. The first-order valence-corrected chi connectivity index (χ1v) is 11.9. The maximum Gasteiger partial charge on any atom is 0.307 e. The van der Waals surface area contributed by atoms with E-state index in [9.17, 15) is 13.2 Å². The number of fused-ring (bicyclic) bond motifs is 1. The van der Waals surface area contributed by atoms with Crippen molar-refractivity contribution in [3.63, 3.8) is 0 Å². The molecule has 8 nitrogen and oxygen atoms in total. The molecular weight excluding hydrogens is 434 g/mol. The molecule has 0 radical (unpaired) electrons. The Hall–Kier alpha value is -2.78. The molecule has 0 spiro atoms. The zero-order chi connectivity index (χ0) is 23.3. The van der Waals surface area contributed by atoms with Crippen LogP contribution in [-0.2, 0) is 26.0 Å². The van der Waals surface area contributed by atoms with Crippen LogP contribution < -0.4 is 14.2 Å². The van der Waals surface area contributed by atoms with Crippen LogP contribution >= 0.6 is 0 Å². The number of benzene rings is 2. The van der Waals surface area contributed by atoms with E-state index >= 15 is 0 Å². The number of carbonyl (C=O) groups excluding carboxylic acids is 1. The molecule has 3 rings (SSSR count). The van der Waals surface area contributed by atoms with E-state index in [2.05, 4.69) is 0 Å². The summed E-state index contributed by atoms with van der Waals surface area (Å²) in [6.07, 6.45) is 0.368. The normalized spacial score (nSPS) is 16.2. The van der Waals surface area contributed by atoms with Crippen molar-refractivity contribution in [3.8, 4) is 17.2 Å². The summed E-state index contributed by atoms with van der Waals surface area (Å²) in [6, 6.07) is 9.14. The molecule has 1 heterocycles. The van der Waals surface area contributed by atoms with Gasteiger partial charge < -0.3 is 18.9 Å². The molecule has 0 unspecified atom stereocenters. The molecule has 1 aliphatic rings. The van der Waals surface area contributed by atoms with Gasteiger partial charge >= 0.3 is 5.97 Å². The quantitative estimate of drug-likeness (QED) is 0.527. The SMILES string of the molecule is CCOc1cc2c(cc1OCC)[C@H](CC(=O)OC)N(S(=O)(=O)c1ccc(OC)cc1)CC2. The van der Waals surface area contributed by atoms with E-state index in [0.717, 1.165) is 5.56 Å². The highest BCUT2D eigenvalue weighted by Crippen LogP contribution is 2.42. The number of nitrogens with zero attached hydrogens (tertiary/aromatic N) is 1. The van der Waals surface area contributed by atoms with Gasteiger partial charge in [0, 0.05) is 6.54 Å². The number of hydrogen-bond donors (Lipinski definition) is 0. The third-order valence-corrected chi connectivity index (χ3v) is 7.29. The fraction of sp³-hybridized carbons (Fsp3) is 0.435. The van der Waals surface area contributed by atoms with Gasteiger partial charge in [-0.15, -0.1) is 0 Å². The Morgan fingerprint density at radius 2 is 1.66 bits per heavy atom. The number of hydrogen-bond acceptors (Lipinski definition) is 7. The zero-order valence-electron chi connectivity index (χ0n) is 18.8. The Balaban J connectivity index is 2.08. The molecule has 32 heavy (non-hydrogen) atoms. The third-order valence-electron chi connectivity index (χ3n) is 5.37. The summed E-state index contributed by atoms with van der Waals surface area (Å²) in [5.41, 5.74) is 1.64. The van der Waals surface area contributed by atoms with Crippen molar-refractivity contribution in [3.05, 3.63) is 47.5 Å². The monoisotopic (exact) mass is 463 g/mol. The van der Waals surface area contributed by atoms with Crippen LogP contribution in [0.4, 0.5) is 0 Å². The Kier molecular flexibility index (Phi) is 7.63. The average molecular weight is 464 g/mol. The van der Waals surface area contributed by atoms with Crippen LogP contribution in [0.15, 0.2) is 41.3 Å². The molecule has 2 aromatic rings.